The second-order valence-corrected chi connectivity index (χ2v) is 8.96. The number of carbonyl (C=O) groups excluding carboxylic acids is 3. The van der Waals surface area contributed by atoms with Crippen LogP contribution in [0, 0.1) is 5.41 Å². The van der Waals surface area contributed by atoms with Crippen molar-refractivity contribution < 1.29 is 32.2 Å². The monoisotopic (exact) mass is 449 g/mol. The van der Waals surface area contributed by atoms with Crippen LogP contribution < -0.4 is 5.32 Å². The van der Waals surface area contributed by atoms with Crippen LogP contribution >= 0.6 is 0 Å². The zero-order chi connectivity index (χ0) is 22.5. The number of amides is 2. The first-order valence-corrected chi connectivity index (χ1v) is 11.3. The summed E-state index contributed by atoms with van der Waals surface area (Å²) in [6.07, 6.45) is 9.50. The minimum atomic E-state index is -3.96. The first-order valence-electron chi connectivity index (χ1n) is 9.70. The van der Waals surface area contributed by atoms with Crippen LogP contribution in [0.2, 0.25) is 0 Å². The maximum atomic E-state index is 11.8. The number of pyridine rings is 1. The van der Waals surface area contributed by atoms with Crippen LogP contribution in [0.4, 0.5) is 0 Å². The molecule has 1 atom stereocenters. The topological polar surface area (TPSA) is 143 Å². The summed E-state index contributed by atoms with van der Waals surface area (Å²) in [7, 11) is -3.96. The summed E-state index contributed by atoms with van der Waals surface area (Å²) in [5.74, 6) is -1.15. The van der Waals surface area contributed by atoms with Crippen molar-refractivity contribution in [3.63, 3.8) is 0 Å². The van der Waals surface area contributed by atoms with E-state index in [0.29, 0.717) is 25.1 Å². The van der Waals surface area contributed by atoms with Crippen molar-refractivity contribution in [3.05, 3.63) is 41.2 Å². The Morgan fingerprint density at radius 3 is 2.61 bits per heavy atom. The fourth-order valence-corrected chi connectivity index (χ4v) is 3.65. The minimum absolute atomic E-state index is 0.0978. The SMILES string of the molecule is O=CC1(CON2C(=O)CCC2=O)C=Cc2cc(CNCCCS(=O)(=O)O)cnc2C=C1. The molecule has 1 aromatic heterocycles. The smallest absolute Gasteiger partial charge is 0.264 e. The van der Waals surface area contributed by atoms with E-state index in [0.717, 1.165) is 16.2 Å². The number of aromatic nitrogens is 1. The molecule has 2 aliphatic rings. The molecule has 3 rings (SSSR count). The van der Waals surface area contributed by atoms with Crippen LogP contribution in [-0.4, -0.2) is 60.0 Å². The summed E-state index contributed by atoms with van der Waals surface area (Å²) in [6.45, 7) is 0.660. The van der Waals surface area contributed by atoms with E-state index < -0.39 is 27.3 Å². The van der Waals surface area contributed by atoms with E-state index in [1.807, 2.05) is 6.07 Å². The van der Waals surface area contributed by atoms with E-state index in [-0.39, 0.29) is 31.6 Å². The Morgan fingerprint density at radius 1 is 1.23 bits per heavy atom. The average Bonchev–Trinajstić information content (AvgIpc) is 2.94. The van der Waals surface area contributed by atoms with Gasteiger partial charge in [0.2, 0.25) is 0 Å². The minimum Gasteiger partial charge on any atom is -0.313 e. The van der Waals surface area contributed by atoms with Gasteiger partial charge in [0.25, 0.3) is 21.9 Å². The van der Waals surface area contributed by atoms with Gasteiger partial charge >= 0.3 is 0 Å². The zero-order valence-corrected chi connectivity index (χ0v) is 17.5. The number of hydrogen-bond acceptors (Lipinski definition) is 8. The molecule has 0 aromatic carbocycles. The quantitative estimate of drug-likeness (QED) is 0.229. The van der Waals surface area contributed by atoms with Gasteiger partial charge in [-0.05, 0) is 30.7 Å². The molecule has 2 heterocycles. The lowest BCUT2D eigenvalue weighted by molar-refractivity contribution is -0.192. The van der Waals surface area contributed by atoms with E-state index in [4.69, 9.17) is 9.39 Å². The molecular weight excluding hydrogens is 426 g/mol. The Kier molecular flexibility index (Phi) is 7.11. The Labute approximate surface area is 179 Å². The van der Waals surface area contributed by atoms with Crippen molar-refractivity contribution in [3.8, 4) is 0 Å². The number of rotatable bonds is 10. The van der Waals surface area contributed by atoms with Gasteiger partial charge in [0, 0.05) is 31.1 Å². The fraction of sp³-hybridized carbons (Fsp3) is 0.400. The van der Waals surface area contributed by atoms with Crippen molar-refractivity contribution in [1.29, 1.82) is 0 Å². The van der Waals surface area contributed by atoms with Gasteiger partial charge in [-0.15, -0.1) is 0 Å². The first kappa shape index (κ1) is 22.9. The van der Waals surface area contributed by atoms with E-state index in [1.165, 1.54) is 0 Å². The lowest BCUT2D eigenvalue weighted by Crippen LogP contribution is -2.35. The number of carbonyl (C=O) groups is 3. The molecule has 0 radical (unpaired) electrons. The second kappa shape index (κ2) is 9.60. The van der Waals surface area contributed by atoms with Gasteiger partial charge in [0.05, 0.1) is 23.5 Å². The maximum Gasteiger partial charge on any atom is 0.264 e. The van der Waals surface area contributed by atoms with Gasteiger partial charge in [-0.2, -0.15) is 13.5 Å². The lowest BCUT2D eigenvalue weighted by atomic mass is 9.90. The molecule has 2 N–H and O–H groups in total. The largest absolute Gasteiger partial charge is 0.313 e. The van der Waals surface area contributed by atoms with Gasteiger partial charge in [-0.3, -0.25) is 24.0 Å². The summed E-state index contributed by atoms with van der Waals surface area (Å²) >= 11 is 0. The molecule has 0 spiro atoms. The standard InChI is InChI=1S/C20H23N3O7S/c24-13-20(14-30-23-18(25)2-3-19(23)26)6-4-16-10-15(12-22-17(16)5-7-20)11-21-8-1-9-31(27,28)29/h4-7,10,12-13,21H,1-3,8-9,11,14H2,(H,27,28,29). The lowest BCUT2D eigenvalue weighted by Gasteiger charge is -2.22. The summed E-state index contributed by atoms with van der Waals surface area (Å²) < 4.78 is 30.2. The number of imide groups is 1. The molecule has 0 bridgehead atoms. The molecule has 10 nitrogen and oxygen atoms in total. The predicted octanol–water partition coefficient (Wildman–Crippen LogP) is 0.755. The van der Waals surface area contributed by atoms with Crippen molar-refractivity contribution in [2.24, 2.45) is 5.41 Å². The predicted molar refractivity (Wildman–Crippen MR) is 111 cm³/mol. The number of nitrogens with zero attached hydrogens (tertiary/aromatic N) is 2. The van der Waals surface area contributed by atoms with Crippen LogP contribution in [0.1, 0.15) is 36.1 Å². The Bertz CT molecular complexity index is 1020. The Hall–Kier alpha value is -2.73. The summed E-state index contributed by atoms with van der Waals surface area (Å²) in [6, 6.07) is 1.88. The second-order valence-electron chi connectivity index (χ2n) is 7.39. The van der Waals surface area contributed by atoms with Gasteiger partial charge in [0.1, 0.15) is 6.29 Å². The first-order chi connectivity index (χ1) is 14.7. The number of hydrogen-bond donors (Lipinski definition) is 2. The highest BCUT2D eigenvalue weighted by atomic mass is 32.2. The van der Waals surface area contributed by atoms with Crippen molar-refractivity contribution in [1.82, 2.24) is 15.4 Å². The van der Waals surface area contributed by atoms with E-state index in [9.17, 15) is 22.8 Å². The summed E-state index contributed by atoms with van der Waals surface area (Å²) in [5, 5.41) is 3.80. The average molecular weight is 449 g/mol. The van der Waals surface area contributed by atoms with Crippen LogP contribution in [0.5, 0.6) is 0 Å². The zero-order valence-electron chi connectivity index (χ0n) is 16.7. The number of nitrogens with one attached hydrogen (secondary N) is 1. The molecular formula is C20H23N3O7S. The number of aldehydes is 1. The molecule has 1 saturated heterocycles. The van der Waals surface area contributed by atoms with Crippen molar-refractivity contribution >= 4 is 40.4 Å². The van der Waals surface area contributed by atoms with Gasteiger partial charge < -0.3 is 10.1 Å². The van der Waals surface area contributed by atoms with Crippen LogP contribution in [0.3, 0.4) is 0 Å². The van der Waals surface area contributed by atoms with Gasteiger partial charge in [-0.1, -0.05) is 18.2 Å². The van der Waals surface area contributed by atoms with E-state index in [2.05, 4.69) is 10.3 Å². The number of hydroxylamine groups is 2. The molecule has 1 aliphatic heterocycles. The Balaban J connectivity index is 1.63. The van der Waals surface area contributed by atoms with E-state index >= 15 is 0 Å². The highest BCUT2D eigenvalue weighted by Crippen LogP contribution is 2.28. The van der Waals surface area contributed by atoms with Gasteiger partial charge in [-0.25, -0.2) is 0 Å². The third-order valence-electron chi connectivity index (χ3n) is 4.88. The Morgan fingerprint density at radius 2 is 1.94 bits per heavy atom. The number of fused-ring (bicyclic) bond motifs is 1. The van der Waals surface area contributed by atoms with Crippen LogP contribution in [0.25, 0.3) is 12.2 Å². The fourth-order valence-electron chi connectivity index (χ4n) is 3.14. The molecule has 11 heteroatoms. The molecule has 1 aliphatic carbocycles. The third kappa shape index (κ3) is 6.14. The molecule has 166 valence electrons. The van der Waals surface area contributed by atoms with Crippen LogP contribution in [0.15, 0.2) is 24.4 Å². The van der Waals surface area contributed by atoms with Crippen LogP contribution in [-0.2, 0) is 35.9 Å². The molecule has 1 fully saturated rings. The normalized spacial score (nSPS) is 20.7. The highest BCUT2D eigenvalue weighted by Gasteiger charge is 2.34. The molecule has 0 saturated carbocycles. The molecule has 1 aromatic rings. The highest BCUT2D eigenvalue weighted by molar-refractivity contribution is 7.85. The van der Waals surface area contributed by atoms with Crippen molar-refractivity contribution in [2.75, 3.05) is 18.9 Å². The molecule has 2 amide bonds. The van der Waals surface area contributed by atoms with Gasteiger partial charge in [0.15, 0.2) is 0 Å². The van der Waals surface area contributed by atoms with E-state index in [1.54, 1.807) is 30.5 Å². The van der Waals surface area contributed by atoms with Crippen molar-refractivity contribution in [2.45, 2.75) is 25.8 Å². The summed E-state index contributed by atoms with van der Waals surface area (Å²) in [4.78, 5) is 45.0. The molecule has 1 unspecified atom stereocenters. The molecule has 31 heavy (non-hydrogen) atoms. The maximum absolute atomic E-state index is 11.8. The summed E-state index contributed by atoms with van der Waals surface area (Å²) in [5.41, 5.74) is 1.11. The third-order valence-corrected chi connectivity index (χ3v) is 5.69.